The van der Waals surface area contributed by atoms with Crippen molar-refractivity contribution in [2.24, 2.45) is 0 Å². The van der Waals surface area contributed by atoms with Crippen molar-refractivity contribution in [1.82, 2.24) is 4.98 Å². The van der Waals surface area contributed by atoms with Crippen LogP contribution in [-0.4, -0.2) is 12.1 Å². The van der Waals surface area contributed by atoms with Crippen molar-refractivity contribution in [1.29, 1.82) is 0 Å². The van der Waals surface area contributed by atoms with Gasteiger partial charge in [-0.05, 0) is 42.2 Å². The van der Waals surface area contributed by atoms with Crippen LogP contribution >= 0.6 is 11.3 Å². The van der Waals surface area contributed by atoms with Crippen LogP contribution in [0, 0.1) is 0 Å². The zero-order valence-electron chi connectivity index (χ0n) is 13.1. The molecule has 0 saturated carbocycles. The summed E-state index contributed by atoms with van der Waals surface area (Å²) in [6, 6.07) is 12.5. The van der Waals surface area contributed by atoms with E-state index in [2.05, 4.69) is 42.3 Å². The van der Waals surface area contributed by atoms with Crippen molar-refractivity contribution in [2.75, 3.05) is 12.4 Å². The van der Waals surface area contributed by atoms with Crippen LogP contribution in [0.3, 0.4) is 0 Å². The lowest BCUT2D eigenvalue weighted by Crippen LogP contribution is -1.99. The number of methoxy groups -OCH3 is 1. The molecule has 0 atom stereocenters. The maximum atomic E-state index is 5.28. The fourth-order valence-electron chi connectivity index (χ4n) is 2.60. The Kier molecular flexibility index (Phi) is 4.29. The first kappa shape index (κ1) is 14.9. The fourth-order valence-corrected chi connectivity index (χ4v) is 3.49. The first-order chi connectivity index (χ1) is 10.7. The van der Waals surface area contributed by atoms with Crippen LogP contribution in [0.25, 0.3) is 10.2 Å². The lowest BCUT2D eigenvalue weighted by Gasteiger charge is -2.13. The first-order valence-electron chi connectivity index (χ1n) is 7.57. The number of hydrogen-bond acceptors (Lipinski definition) is 4. The average molecular weight is 312 g/mol. The molecule has 1 N–H and O–H groups in total. The number of para-hydroxylation sites is 1. The van der Waals surface area contributed by atoms with Crippen molar-refractivity contribution < 1.29 is 4.74 Å². The van der Waals surface area contributed by atoms with E-state index in [0.717, 1.165) is 33.9 Å². The highest BCUT2D eigenvalue weighted by Crippen LogP contribution is 2.33. The molecular weight excluding hydrogens is 292 g/mol. The number of anilines is 2. The fraction of sp³-hybridized carbons (Fsp3) is 0.278. The standard InChI is InChI=1S/C18H20N2OS/c1-4-12-7-6-8-13(5-2)17(12)20-18-19-15-10-9-14(21-3)11-16(15)22-18/h6-11H,4-5H2,1-3H3,(H,19,20). The molecule has 0 saturated heterocycles. The van der Waals surface area contributed by atoms with E-state index in [9.17, 15) is 0 Å². The lowest BCUT2D eigenvalue weighted by atomic mass is 10.0. The average Bonchev–Trinajstić information content (AvgIpc) is 2.96. The van der Waals surface area contributed by atoms with E-state index >= 15 is 0 Å². The lowest BCUT2D eigenvalue weighted by molar-refractivity contribution is 0.415. The van der Waals surface area contributed by atoms with Gasteiger partial charge in [0.25, 0.3) is 0 Å². The van der Waals surface area contributed by atoms with E-state index in [0.29, 0.717) is 0 Å². The molecule has 1 heterocycles. The van der Waals surface area contributed by atoms with Crippen molar-refractivity contribution in [3.63, 3.8) is 0 Å². The highest BCUT2D eigenvalue weighted by molar-refractivity contribution is 7.22. The second kappa shape index (κ2) is 6.36. The van der Waals surface area contributed by atoms with Gasteiger partial charge in [0, 0.05) is 5.69 Å². The van der Waals surface area contributed by atoms with Gasteiger partial charge >= 0.3 is 0 Å². The molecule has 1 aromatic heterocycles. The van der Waals surface area contributed by atoms with Crippen LogP contribution in [0.4, 0.5) is 10.8 Å². The molecule has 114 valence electrons. The number of fused-ring (bicyclic) bond motifs is 1. The Balaban J connectivity index is 1.99. The molecule has 4 heteroatoms. The molecule has 0 aliphatic rings. The van der Waals surface area contributed by atoms with Gasteiger partial charge < -0.3 is 10.1 Å². The van der Waals surface area contributed by atoms with Gasteiger partial charge in [0.15, 0.2) is 5.13 Å². The summed E-state index contributed by atoms with van der Waals surface area (Å²) in [6.45, 7) is 4.37. The third kappa shape index (κ3) is 2.79. The van der Waals surface area contributed by atoms with E-state index in [1.165, 1.54) is 16.8 Å². The molecule has 3 rings (SSSR count). The van der Waals surface area contributed by atoms with Gasteiger partial charge in [-0.2, -0.15) is 0 Å². The Morgan fingerprint density at radius 3 is 2.45 bits per heavy atom. The topological polar surface area (TPSA) is 34.2 Å². The van der Waals surface area contributed by atoms with Gasteiger partial charge in [-0.15, -0.1) is 0 Å². The molecule has 3 nitrogen and oxygen atoms in total. The maximum Gasteiger partial charge on any atom is 0.188 e. The van der Waals surface area contributed by atoms with Crippen LogP contribution in [0.5, 0.6) is 5.75 Å². The Morgan fingerprint density at radius 2 is 1.82 bits per heavy atom. The third-order valence-electron chi connectivity index (χ3n) is 3.83. The molecule has 0 fully saturated rings. The number of rotatable bonds is 5. The molecule has 22 heavy (non-hydrogen) atoms. The highest BCUT2D eigenvalue weighted by atomic mass is 32.1. The van der Waals surface area contributed by atoms with Crippen molar-refractivity contribution in [3.8, 4) is 5.75 Å². The minimum atomic E-state index is 0.867. The van der Waals surface area contributed by atoms with E-state index in [1.54, 1.807) is 18.4 Å². The predicted octanol–water partition coefficient (Wildman–Crippen LogP) is 5.17. The number of benzene rings is 2. The zero-order valence-corrected chi connectivity index (χ0v) is 14.0. The van der Waals surface area contributed by atoms with E-state index in [4.69, 9.17) is 4.74 Å². The first-order valence-corrected chi connectivity index (χ1v) is 8.39. The monoisotopic (exact) mass is 312 g/mol. The van der Waals surface area contributed by atoms with Crippen molar-refractivity contribution >= 4 is 32.4 Å². The van der Waals surface area contributed by atoms with Gasteiger partial charge in [0.1, 0.15) is 5.75 Å². The van der Waals surface area contributed by atoms with Gasteiger partial charge in [-0.3, -0.25) is 0 Å². The quantitative estimate of drug-likeness (QED) is 0.705. The minimum Gasteiger partial charge on any atom is -0.497 e. The van der Waals surface area contributed by atoms with Crippen LogP contribution < -0.4 is 10.1 Å². The summed E-state index contributed by atoms with van der Waals surface area (Å²) >= 11 is 1.66. The minimum absolute atomic E-state index is 0.867. The molecule has 0 amide bonds. The molecule has 0 aliphatic carbocycles. The van der Waals surface area contributed by atoms with Gasteiger partial charge in [0.2, 0.25) is 0 Å². The van der Waals surface area contributed by atoms with E-state index in [-0.39, 0.29) is 0 Å². The van der Waals surface area contributed by atoms with Crippen LogP contribution in [0.15, 0.2) is 36.4 Å². The normalized spacial score (nSPS) is 10.9. The Labute approximate surface area is 135 Å². The number of nitrogens with one attached hydrogen (secondary N) is 1. The summed E-state index contributed by atoms with van der Waals surface area (Å²) < 4.78 is 6.41. The maximum absolute atomic E-state index is 5.28. The summed E-state index contributed by atoms with van der Waals surface area (Å²) in [4.78, 5) is 4.69. The summed E-state index contributed by atoms with van der Waals surface area (Å²) in [5, 5.41) is 4.47. The number of aryl methyl sites for hydroxylation is 2. The highest BCUT2D eigenvalue weighted by Gasteiger charge is 2.10. The van der Waals surface area contributed by atoms with E-state index < -0.39 is 0 Å². The van der Waals surface area contributed by atoms with Crippen LogP contribution in [0.2, 0.25) is 0 Å². The smallest absolute Gasteiger partial charge is 0.188 e. The SMILES string of the molecule is CCc1cccc(CC)c1Nc1nc2ccc(OC)cc2s1. The number of ether oxygens (including phenoxy) is 1. The molecule has 0 spiro atoms. The summed E-state index contributed by atoms with van der Waals surface area (Å²) in [5.74, 6) is 0.867. The van der Waals surface area contributed by atoms with Gasteiger partial charge in [0.05, 0.1) is 17.3 Å². The third-order valence-corrected chi connectivity index (χ3v) is 4.76. The molecule has 3 aromatic rings. The summed E-state index contributed by atoms with van der Waals surface area (Å²) in [7, 11) is 1.69. The summed E-state index contributed by atoms with van der Waals surface area (Å²) in [6.07, 6.45) is 2.02. The Hall–Kier alpha value is -2.07. The number of hydrogen-bond donors (Lipinski definition) is 1. The molecular formula is C18H20N2OS. The molecule has 2 aromatic carbocycles. The van der Waals surface area contributed by atoms with Crippen LogP contribution in [-0.2, 0) is 12.8 Å². The molecule has 0 bridgehead atoms. The number of aromatic nitrogens is 1. The second-order valence-electron chi connectivity index (χ2n) is 5.14. The van der Waals surface area contributed by atoms with Crippen molar-refractivity contribution in [3.05, 3.63) is 47.5 Å². The van der Waals surface area contributed by atoms with Gasteiger partial charge in [-0.1, -0.05) is 43.4 Å². The summed E-state index contributed by atoms with van der Waals surface area (Å²) in [5.41, 5.74) is 4.87. The number of nitrogens with zero attached hydrogens (tertiary/aromatic N) is 1. The molecule has 0 radical (unpaired) electrons. The van der Waals surface area contributed by atoms with Crippen molar-refractivity contribution in [2.45, 2.75) is 26.7 Å². The molecule has 0 aliphatic heterocycles. The second-order valence-corrected chi connectivity index (χ2v) is 6.17. The predicted molar refractivity (Wildman–Crippen MR) is 94.7 cm³/mol. The number of thiazole rings is 1. The van der Waals surface area contributed by atoms with Gasteiger partial charge in [-0.25, -0.2) is 4.98 Å². The largest absolute Gasteiger partial charge is 0.497 e. The molecule has 0 unspecified atom stereocenters. The zero-order chi connectivity index (χ0) is 15.5. The van der Waals surface area contributed by atoms with E-state index in [1.807, 2.05) is 18.2 Å². The Bertz CT molecular complexity index is 773. The van der Waals surface area contributed by atoms with Crippen LogP contribution in [0.1, 0.15) is 25.0 Å². The Morgan fingerprint density at radius 1 is 1.09 bits per heavy atom.